The van der Waals surface area contributed by atoms with E-state index in [0.717, 1.165) is 0 Å². The van der Waals surface area contributed by atoms with E-state index >= 15 is 0 Å². The van der Waals surface area contributed by atoms with Crippen molar-refractivity contribution in [3.63, 3.8) is 0 Å². The molecule has 3 unspecified atom stereocenters. The first kappa shape index (κ1) is 11.1. The molecule has 0 aromatic carbocycles. The fourth-order valence-corrected chi connectivity index (χ4v) is 2.00. The maximum Gasteiger partial charge on any atom is 0.330 e. The molecule has 1 aromatic rings. The van der Waals surface area contributed by atoms with Gasteiger partial charge in [0, 0.05) is 18.2 Å². The van der Waals surface area contributed by atoms with Crippen molar-refractivity contribution < 1.29 is 9.84 Å². The van der Waals surface area contributed by atoms with Crippen molar-refractivity contribution in [1.29, 1.82) is 0 Å². The van der Waals surface area contributed by atoms with Crippen LogP contribution in [-0.2, 0) is 4.74 Å². The predicted molar refractivity (Wildman–Crippen MR) is 56.1 cm³/mol. The van der Waals surface area contributed by atoms with Crippen LogP contribution in [0.5, 0.6) is 0 Å². The summed E-state index contributed by atoms with van der Waals surface area (Å²) in [5, 5.41) is 8.99. The number of aliphatic hydroxyl groups excluding tert-OH is 1. The highest BCUT2D eigenvalue weighted by Gasteiger charge is 2.33. The number of H-pyrrole nitrogens is 1. The highest BCUT2D eigenvalue weighted by Crippen LogP contribution is 2.32. The van der Waals surface area contributed by atoms with Crippen LogP contribution < -0.4 is 11.2 Å². The second-order valence-corrected chi connectivity index (χ2v) is 4.06. The van der Waals surface area contributed by atoms with Crippen molar-refractivity contribution in [2.45, 2.75) is 25.7 Å². The second-order valence-electron chi connectivity index (χ2n) is 4.06. The van der Waals surface area contributed by atoms with Crippen LogP contribution in [0.1, 0.15) is 19.6 Å². The van der Waals surface area contributed by atoms with Crippen molar-refractivity contribution in [3.8, 4) is 0 Å². The zero-order valence-corrected chi connectivity index (χ0v) is 8.92. The molecule has 0 bridgehead atoms. The van der Waals surface area contributed by atoms with E-state index < -0.39 is 17.5 Å². The molecule has 2 N–H and O–H groups in total. The van der Waals surface area contributed by atoms with Gasteiger partial charge in [-0.05, 0) is 6.42 Å². The van der Waals surface area contributed by atoms with E-state index in [-0.39, 0.29) is 18.6 Å². The van der Waals surface area contributed by atoms with Gasteiger partial charge in [0.1, 0.15) is 6.23 Å². The summed E-state index contributed by atoms with van der Waals surface area (Å²) >= 11 is 0. The molecule has 1 fully saturated rings. The summed E-state index contributed by atoms with van der Waals surface area (Å²) in [6.07, 6.45) is 1.47. The first-order chi connectivity index (χ1) is 7.61. The summed E-state index contributed by atoms with van der Waals surface area (Å²) < 4.78 is 6.87. The fourth-order valence-electron chi connectivity index (χ4n) is 2.00. The number of aromatic nitrogens is 2. The first-order valence-electron chi connectivity index (χ1n) is 5.19. The van der Waals surface area contributed by atoms with E-state index in [1.54, 1.807) is 0 Å². The van der Waals surface area contributed by atoms with Crippen LogP contribution in [0.2, 0.25) is 0 Å². The summed E-state index contributed by atoms with van der Waals surface area (Å²) in [4.78, 5) is 24.6. The maximum absolute atomic E-state index is 11.5. The van der Waals surface area contributed by atoms with Crippen molar-refractivity contribution >= 4 is 0 Å². The van der Waals surface area contributed by atoms with E-state index in [9.17, 15) is 9.59 Å². The van der Waals surface area contributed by atoms with Gasteiger partial charge in [-0.2, -0.15) is 0 Å². The predicted octanol–water partition coefficient (Wildman–Crippen LogP) is -0.547. The molecule has 16 heavy (non-hydrogen) atoms. The highest BCUT2D eigenvalue weighted by molar-refractivity contribution is 4.87. The van der Waals surface area contributed by atoms with Crippen LogP contribution >= 0.6 is 0 Å². The molecule has 0 aliphatic carbocycles. The zero-order chi connectivity index (χ0) is 11.7. The van der Waals surface area contributed by atoms with Gasteiger partial charge in [-0.15, -0.1) is 0 Å². The molecule has 6 heteroatoms. The van der Waals surface area contributed by atoms with Crippen molar-refractivity contribution in [1.82, 2.24) is 9.55 Å². The molecule has 0 radical (unpaired) electrons. The van der Waals surface area contributed by atoms with Gasteiger partial charge < -0.3 is 9.84 Å². The molecule has 1 saturated heterocycles. The number of hydrogen-bond acceptors (Lipinski definition) is 4. The largest absolute Gasteiger partial charge is 0.394 e. The Morgan fingerprint density at radius 1 is 1.62 bits per heavy atom. The molecule has 1 aromatic heterocycles. The van der Waals surface area contributed by atoms with E-state index in [0.29, 0.717) is 6.42 Å². The number of aromatic amines is 1. The van der Waals surface area contributed by atoms with Gasteiger partial charge in [-0.25, -0.2) is 4.79 Å². The lowest BCUT2D eigenvalue weighted by molar-refractivity contribution is -0.0336. The number of aliphatic hydroxyl groups is 1. The molecule has 3 atom stereocenters. The lowest BCUT2D eigenvalue weighted by Crippen LogP contribution is -2.33. The van der Waals surface area contributed by atoms with Crippen LogP contribution in [-0.4, -0.2) is 27.4 Å². The summed E-state index contributed by atoms with van der Waals surface area (Å²) in [5.41, 5.74) is -0.909. The third-order valence-corrected chi connectivity index (χ3v) is 2.78. The number of nitrogens with one attached hydrogen (secondary N) is 1. The lowest BCUT2D eigenvalue weighted by Gasteiger charge is -2.17. The van der Waals surface area contributed by atoms with Crippen molar-refractivity contribution in [3.05, 3.63) is 33.1 Å². The third kappa shape index (κ3) is 1.94. The molecule has 6 nitrogen and oxygen atoms in total. The highest BCUT2D eigenvalue weighted by atomic mass is 16.5. The molecule has 0 spiro atoms. The smallest absolute Gasteiger partial charge is 0.330 e. The van der Waals surface area contributed by atoms with E-state index in [1.807, 2.05) is 6.92 Å². The maximum atomic E-state index is 11.5. The third-order valence-electron chi connectivity index (χ3n) is 2.78. The molecule has 0 amide bonds. The van der Waals surface area contributed by atoms with Gasteiger partial charge in [0.2, 0.25) is 0 Å². The standard InChI is InChI=1S/C10H14N2O4/c1-6-4-7(5-13)16-9(6)12-3-2-8(14)11-10(12)15/h2-3,6-7,9,13H,4-5H2,1H3,(H,11,14,15). The van der Waals surface area contributed by atoms with Crippen LogP contribution in [0.4, 0.5) is 0 Å². The number of nitrogens with zero attached hydrogens (tertiary/aromatic N) is 1. The Labute approximate surface area is 91.5 Å². The summed E-state index contributed by atoms with van der Waals surface area (Å²) in [5.74, 6) is 0.126. The summed E-state index contributed by atoms with van der Waals surface area (Å²) in [6, 6.07) is 1.28. The van der Waals surface area contributed by atoms with Crippen LogP contribution in [0.3, 0.4) is 0 Å². The molecule has 1 aliphatic rings. The Kier molecular flexibility index (Phi) is 2.93. The van der Waals surface area contributed by atoms with Crippen LogP contribution in [0.15, 0.2) is 21.9 Å². The lowest BCUT2D eigenvalue weighted by atomic mass is 10.1. The zero-order valence-electron chi connectivity index (χ0n) is 8.92. The average Bonchev–Trinajstić information content (AvgIpc) is 2.60. The number of ether oxygens (including phenoxy) is 1. The molecule has 88 valence electrons. The topological polar surface area (TPSA) is 84.3 Å². The van der Waals surface area contributed by atoms with Gasteiger partial charge in [-0.3, -0.25) is 14.3 Å². The molecule has 2 rings (SSSR count). The Hall–Kier alpha value is -1.40. The van der Waals surface area contributed by atoms with E-state index in [1.165, 1.54) is 16.8 Å². The average molecular weight is 226 g/mol. The fraction of sp³-hybridized carbons (Fsp3) is 0.600. The molecule has 0 saturated carbocycles. The Balaban J connectivity index is 2.31. The normalized spacial score (nSPS) is 29.5. The molecule has 1 aliphatic heterocycles. The number of rotatable bonds is 2. The molecular weight excluding hydrogens is 212 g/mol. The summed E-state index contributed by atoms with van der Waals surface area (Å²) in [7, 11) is 0. The Morgan fingerprint density at radius 2 is 2.38 bits per heavy atom. The minimum Gasteiger partial charge on any atom is -0.394 e. The van der Waals surface area contributed by atoms with E-state index in [4.69, 9.17) is 9.84 Å². The first-order valence-corrected chi connectivity index (χ1v) is 5.19. The van der Waals surface area contributed by atoms with Crippen LogP contribution in [0, 0.1) is 5.92 Å². The van der Waals surface area contributed by atoms with Gasteiger partial charge in [-0.1, -0.05) is 6.92 Å². The monoisotopic (exact) mass is 226 g/mol. The molecular formula is C10H14N2O4. The van der Waals surface area contributed by atoms with Crippen LogP contribution in [0.25, 0.3) is 0 Å². The van der Waals surface area contributed by atoms with Crippen molar-refractivity contribution in [2.75, 3.05) is 6.61 Å². The van der Waals surface area contributed by atoms with E-state index in [2.05, 4.69) is 4.98 Å². The number of hydrogen-bond donors (Lipinski definition) is 2. The quantitative estimate of drug-likeness (QED) is 0.708. The van der Waals surface area contributed by atoms with Gasteiger partial charge >= 0.3 is 5.69 Å². The van der Waals surface area contributed by atoms with Gasteiger partial charge in [0.15, 0.2) is 0 Å². The van der Waals surface area contributed by atoms with Crippen molar-refractivity contribution in [2.24, 2.45) is 5.92 Å². The second kappa shape index (κ2) is 4.23. The minimum absolute atomic E-state index is 0.0566. The summed E-state index contributed by atoms with van der Waals surface area (Å²) in [6.45, 7) is 1.89. The van der Waals surface area contributed by atoms with Gasteiger partial charge in [0.25, 0.3) is 5.56 Å². The molecule has 2 heterocycles. The minimum atomic E-state index is -0.483. The van der Waals surface area contributed by atoms with Gasteiger partial charge in [0.05, 0.1) is 12.7 Å². The Morgan fingerprint density at radius 3 is 2.94 bits per heavy atom. The Bertz CT molecular complexity index is 478. The SMILES string of the molecule is CC1CC(CO)OC1n1ccc(=O)[nH]c1=O.